The number of rotatable bonds is 5. The van der Waals surface area contributed by atoms with Crippen LogP contribution in [0.1, 0.15) is 38.2 Å². The summed E-state index contributed by atoms with van der Waals surface area (Å²) in [4.78, 5) is 2.59. The third kappa shape index (κ3) is 3.27. The summed E-state index contributed by atoms with van der Waals surface area (Å²) in [5.41, 5.74) is 1.32. The first-order valence-electron chi connectivity index (χ1n) is 6.81. The summed E-state index contributed by atoms with van der Waals surface area (Å²) < 4.78 is 6.49. The third-order valence-electron chi connectivity index (χ3n) is 3.87. The Labute approximate surface area is 118 Å². The molecule has 0 bridgehead atoms. The van der Waals surface area contributed by atoms with Gasteiger partial charge in [-0.15, -0.1) is 0 Å². The first-order chi connectivity index (χ1) is 8.74. The summed E-state index contributed by atoms with van der Waals surface area (Å²) in [5.74, 6) is 0.940. The van der Waals surface area contributed by atoms with Crippen molar-refractivity contribution in [1.29, 1.82) is 0 Å². The van der Waals surface area contributed by atoms with Gasteiger partial charge in [0.25, 0.3) is 0 Å². The molecule has 0 N–H and O–H groups in total. The Morgan fingerprint density at radius 2 is 2.06 bits per heavy atom. The van der Waals surface area contributed by atoms with E-state index in [0.29, 0.717) is 0 Å². The summed E-state index contributed by atoms with van der Waals surface area (Å²) >= 11 is 3.64. The lowest BCUT2D eigenvalue weighted by molar-refractivity contribution is 0.199. The molecule has 0 unspecified atom stereocenters. The highest BCUT2D eigenvalue weighted by Crippen LogP contribution is 2.28. The zero-order valence-electron chi connectivity index (χ0n) is 11.3. The Hall–Kier alpha value is -0.540. The van der Waals surface area contributed by atoms with Crippen LogP contribution in [-0.4, -0.2) is 24.6 Å². The normalized spacial score (nSPS) is 16.4. The molecule has 0 aromatic heterocycles. The van der Waals surface area contributed by atoms with Crippen LogP contribution in [0, 0.1) is 0 Å². The van der Waals surface area contributed by atoms with Gasteiger partial charge in [0.1, 0.15) is 5.75 Å². The van der Waals surface area contributed by atoms with Crippen molar-refractivity contribution in [1.82, 2.24) is 4.90 Å². The van der Waals surface area contributed by atoms with Gasteiger partial charge in [0.2, 0.25) is 0 Å². The van der Waals surface area contributed by atoms with E-state index in [1.165, 1.54) is 35.7 Å². The lowest BCUT2D eigenvalue weighted by Gasteiger charge is -2.28. The quantitative estimate of drug-likeness (QED) is 0.807. The molecule has 3 heteroatoms. The van der Waals surface area contributed by atoms with Crippen LogP contribution in [0.5, 0.6) is 5.75 Å². The molecule has 2 rings (SSSR count). The summed E-state index contributed by atoms with van der Waals surface area (Å²) in [6, 6.07) is 6.99. The van der Waals surface area contributed by atoms with Gasteiger partial charge in [0, 0.05) is 17.1 Å². The average Bonchev–Trinajstić information content (AvgIpc) is 2.91. The van der Waals surface area contributed by atoms with Crippen molar-refractivity contribution >= 4 is 15.9 Å². The van der Waals surface area contributed by atoms with Crippen molar-refractivity contribution in [2.24, 2.45) is 0 Å². The van der Waals surface area contributed by atoms with Gasteiger partial charge in [-0.05, 0) is 43.1 Å². The lowest BCUT2D eigenvalue weighted by atomic mass is 10.1. The van der Waals surface area contributed by atoms with Gasteiger partial charge in [-0.25, -0.2) is 0 Å². The molecule has 0 aliphatic heterocycles. The monoisotopic (exact) mass is 311 g/mol. The van der Waals surface area contributed by atoms with Crippen molar-refractivity contribution < 1.29 is 4.74 Å². The smallest absolute Gasteiger partial charge is 0.119 e. The number of hydrogen-bond acceptors (Lipinski definition) is 2. The summed E-state index contributed by atoms with van der Waals surface area (Å²) in [5, 5.41) is 0. The van der Waals surface area contributed by atoms with Crippen molar-refractivity contribution in [2.75, 3.05) is 13.7 Å². The van der Waals surface area contributed by atoms with Crippen molar-refractivity contribution in [3.8, 4) is 5.75 Å². The standard InChI is InChI=1S/C15H22BrNO/c1-3-17(13-6-4-5-7-13)11-12-10-14(18-2)8-9-15(12)16/h8-10,13H,3-7,11H2,1-2H3. The molecule has 0 heterocycles. The molecule has 0 saturated heterocycles. The highest BCUT2D eigenvalue weighted by molar-refractivity contribution is 9.10. The molecule has 0 spiro atoms. The minimum absolute atomic E-state index is 0.771. The molecule has 0 atom stereocenters. The Bertz CT molecular complexity index is 388. The second-order valence-corrected chi connectivity index (χ2v) is 5.81. The second kappa shape index (κ2) is 6.58. The zero-order chi connectivity index (χ0) is 13.0. The van der Waals surface area contributed by atoms with E-state index in [0.717, 1.165) is 24.9 Å². The molecule has 1 saturated carbocycles. The van der Waals surface area contributed by atoms with Crippen LogP contribution < -0.4 is 4.74 Å². The fourth-order valence-electron chi connectivity index (χ4n) is 2.79. The third-order valence-corrected chi connectivity index (χ3v) is 4.65. The van der Waals surface area contributed by atoms with E-state index in [1.54, 1.807) is 7.11 Å². The molecule has 1 aliphatic carbocycles. The van der Waals surface area contributed by atoms with Gasteiger partial charge in [-0.3, -0.25) is 4.90 Å². The van der Waals surface area contributed by atoms with E-state index in [1.807, 2.05) is 6.07 Å². The summed E-state index contributed by atoms with van der Waals surface area (Å²) in [7, 11) is 1.72. The Morgan fingerprint density at radius 1 is 1.33 bits per heavy atom. The predicted octanol–water partition coefficient (Wildman–Crippen LogP) is 4.22. The fraction of sp³-hybridized carbons (Fsp3) is 0.600. The topological polar surface area (TPSA) is 12.5 Å². The zero-order valence-corrected chi connectivity index (χ0v) is 12.9. The van der Waals surface area contributed by atoms with Crippen molar-refractivity contribution in [3.05, 3.63) is 28.2 Å². The molecular weight excluding hydrogens is 290 g/mol. The van der Waals surface area contributed by atoms with E-state index < -0.39 is 0 Å². The Morgan fingerprint density at radius 3 is 2.67 bits per heavy atom. The molecule has 0 amide bonds. The molecule has 100 valence electrons. The number of halogens is 1. The lowest BCUT2D eigenvalue weighted by Crippen LogP contribution is -2.32. The molecule has 18 heavy (non-hydrogen) atoms. The first kappa shape index (κ1) is 13.9. The molecular formula is C15H22BrNO. The number of ether oxygens (including phenoxy) is 1. The van der Waals surface area contributed by atoms with Gasteiger partial charge in [0.15, 0.2) is 0 Å². The van der Waals surface area contributed by atoms with E-state index >= 15 is 0 Å². The van der Waals surface area contributed by atoms with Gasteiger partial charge in [-0.1, -0.05) is 35.7 Å². The van der Waals surface area contributed by atoms with Crippen molar-refractivity contribution in [2.45, 2.75) is 45.2 Å². The SMILES string of the molecule is CCN(Cc1cc(OC)ccc1Br)C1CCCC1. The van der Waals surface area contributed by atoms with Crippen LogP contribution in [0.25, 0.3) is 0 Å². The van der Waals surface area contributed by atoms with Gasteiger partial charge >= 0.3 is 0 Å². The molecule has 2 nitrogen and oxygen atoms in total. The van der Waals surface area contributed by atoms with Crippen LogP contribution in [0.4, 0.5) is 0 Å². The molecule has 0 radical (unpaired) electrons. The Balaban J connectivity index is 2.10. The minimum Gasteiger partial charge on any atom is -0.497 e. The molecule has 1 aromatic carbocycles. The first-order valence-corrected chi connectivity index (χ1v) is 7.60. The van der Waals surface area contributed by atoms with E-state index in [-0.39, 0.29) is 0 Å². The highest BCUT2D eigenvalue weighted by Gasteiger charge is 2.21. The maximum atomic E-state index is 5.31. The van der Waals surface area contributed by atoms with Gasteiger partial charge in [-0.2, -0.15) is 0 Å². The van der Waals surface area contributed by atoms with Crippen LogP contribution in [0.2, 0.25) is 0 Å². The van der Waals surface area contributed by atoms with E-state index in [4.69, 9.17) is 4.74 Å². The summed E-state index contributed by atoms with van der Waals surface area (Å²) in [6.45, 7) is 4.39. The largest absolute Gasteiger partial charge is 0.497 e. The predicted molar refractivity (Wildman–Crippen MR) is 79.0 cm³/mol. The van der Waals surface area contributed by atoms with E-state index in [9.17, 15) is 0 Å². The van der Waals surface area contributed by atoms with Crippen LogP contribution in [0.15, 0.2) is 22.7 Å². The van der Waals surface area contributed by atoms with Crippen LogP contribution in [0.3, 0.4) is 0 Å². The molecule has 1 fully saturated rings. The molecule has 1 aliphatic rings. The van der Waals surface area contributed by atoms with Gasteiger partial charge in [0.05, 0.1) is 7.11 Å². The maximum Gasteiger partial charge on any atom is 0.119 e. The fourth-order valence-corrected chi connectivity index (χ4v) is 3.16. The Kier molecular flexibility index (Phi) is 5.07. The second-order valence-electron chi connectivity index (χ2n) is 4.96. The average molecular weight is 312 g/mol. The van der Waals surface area contributed by atoms with Crippen LogP contribution >= 0.6 is 15.9 Å². The number of benzene rings is 1. The summed E-state index contributed by atoms with van der Waals surface area (Å²) in [6.07, 6.45) is 5.49. The minimum atomic E-state index is 0.771. The number of methoxy groups -OCH3 is 1. The van der Waals surface area contributed by atoms with Crippen LogP contribution in [-0.2, 0) is 6.54 Å². The number of nitrogens with zero attached hydrogens (tertiary/aromatic N) is 1. The van der Waals surface area contributed by atoms with E-state index in [2.05, 4.69) is 39.9 Å². The molecule has 1 aromatic rings. The highest BCUT2D eigenvalue weighted by atomic mass is 79.9. The number of hydrogen-bond donors (Lipinski definition) is 0. The van der Waals surface area contributed by atoms with Crippen molar-refractivity contribution in [3.63, 3.8) is 0 Å². The maximum absolute atomic E-state index is 5.31. The van der Waals surface area contributed by atoms with Gasteiger partial charge < -0.3 is 4.74 Å².